The van der Waals surface area contributed by atoms with E-state index in [1.807, 2.05) is 0 Å². The predicted molar refractivity (Wildman–Crippen MR) is 116 cm³/mol. The summed E-state index contributed by atoms with van der Waals surface area (Å²) < 4.78 is 81.7. The molecule has 0 atom stereocenters. The number of hydrogen-bond donors (Lipinski definition) is 1. The van der Waals surface area contributed by atoms with E-state index in [4.69, 9.17) is 11.0 Å². The Labute approximate surface area is 197 Å². The fourth-order valence-electron chi connectivity index (χ4n) is 3.13. The largest absolute Gasteiger partial charge is 0.418 e. The Morgan fingerprint density at radius 2 is 1.77 bits per heavy atom. The molecule has 182 valence electrons. The van der Waals surface area contributed by atoms with Gasteiger partial charge < -0.3 is 5.73 Å². The van der Waals surface area contributed by atoms with E-state index in [9.17, 15) is 35.9 Å². The lowest BCUT2D eigenvalue weighted by molar-refractivity contribution is -0.141. The number of Topliss-reactive ketones (excluding diaryl/α,β-unsaturated/α-hetero) is 1. The summed E-state index contributed by atoms with van der Waals surface area (Å²) in [5.41, 5.74) is -0.0516. The number of thioether (sulfide) groups is 1. The molecule has 2 aromatic carbocycles. The van der Waals surface area contributed by atoms with E-state index in [1.165, 1.54) is 31.2 Å². The molecule has 0 unspecified atom stereocenters. The molecule has 3 aromatic rings. The predicted octanol–water partition coefficient (Wildman–Crippen LogP) is 4.84. The number of carbonyl (C=O) groups is 1. The number of nitrogens with two attached hydrogens (primary N) is 1. The molecule has 0 amide bonds. The molecule has 1 aromatic heterocycles. The minimum Gasteiger partial charge on any atom is -0.401 e. The van der Waals surface area contributed by atoms with Crippen LogP contribution in [0.2, 0.25) is 0 Å². The lowest BCUT2D eigenvalue weighted by Crippen LogP contribution is -2.25. The minimum atomic E-state index is -5.12. The van der Waals surface area contributed by atoms with Gasteiger partial charge in [0.2, 0.25) is 0 Å². The highest BCUT2D eigenvalue weighted by Gasteiger charge is 2.38. The molecule has 0 aliphatic rings. The van der Waals surface area contributed by atoms with Gasteiger partial charge in [-0.1, -0.05) is 23.9 Å². The molecular weight excluding hydrogens is 498 g/mol. The molecule has 0 saturated carbocycles. The molecule has 1 heterocycles. The molecule has 0 saturated heterocycles. The van der Waals surface area contributed by atoms with Gasteiger partial charge >= 0.3 is 12.4 Å². The van der Waals surface area contributed by atoms with Crippen molar-refractivity contribution in [3.05, 3.63) is 75.2 Å². The van der Waals surface area contributed by atoms with Crippen LogP contribution < -0.4 is 11.3 Å². The molecule has 0 aliphatic heterocycles. The quantitative estimate of drug-likeness (QED) is 0.173. The Bertz CT molecular complexity index is 1450. The van der Waals surface area contributed by atoms with E-state index >= 15 is 0 Å². The number of carbonyl (C=O) groups excluding carboxylic acids is 1. The first-order chi connectivity index (χ1) is 16.3. The van der Waals surface area contributed by atoms with E-state index in [1.54, 1.807) is 6.07 Å². The van der Waals surface area contributed by atoms with Crippen molar-refractivity contribution >= 4 is 28.4 Å². The highest BCUT2D eigenvalue weighted by Crippen LogP contribution is 2.39. The summed E-state index contributed by atoms with van der Waals surface area (Å²) in [5, 5.41) is 8.47. The number of halogens is 6. The van der Waals surface area contributed by atoms with Crippen LogP contribution in [0.5, 0.6) is 0 Å². The lowest BCUT2D eigenvalue weighted by atomic mass is 10.1. The molecule has 13 heteroatoms. The number of allylic oxidation sites excluding steroid dienone is 2. The topological polar surface area (TPSA) is 102 Å². The number of nitrogens with zero attached hydrogens (tertiary/aromatic N) is 3. The second kappa shape index (κ2) is 9.46. The van der Waals surface area contributed by atoms with Crippen molar-refractivity contribution in [3.8, 4) is 11.8 Å². The third-order valence-corrected chi connectivity index (χ3v) is 5.67. The van der Waals surface area contributed by atoms with Crippen LogP contribution in [0.3, 0.4) is 0 Å². The maximum Gasteiger partial charge on any atom is 0.418 e. The highest BCUT2D eigenvalue weighted by molar-refractivity contribution is 7.99. The summed E-state index contributed by atoms with van der Waals surface area (Å²) >= 11 is 0.486. The van der Waals surface area contributed by atoms with E-state index in [0.717, 1.165) is 0 Å². The molecule has 0 spiro atoms. The summed E-state index contributed by atoms with van der Waals surface area (Å²) in [6.45, 7) is 1.30. The van der Waals surface area contributed by atoms with Crippen LogP contribution in [0.4, 0.5) is 26.3 Å². The van der Waals surface area contributed by atoms with Gasteiger partial charge in [-0.2, -0.15) is 31.6 Å². The van der Waals surface area contributed by atoms with Crippen molar-refractivity contribution in [2.24, 2.45) is 5.73 Å². The number of fused-ring (bicyclic) bond motifs is 1. The number of alkyl halides is 6. The first-order valence-electron chi connectivity index (χ1n) is 9.58. The number of aromatic nitrogens is 2. The summed E-state index contributed by atoms with van der Waals surface area (Å²) in [6, 6.07) is 7.86. The van der Waals surface area contributed by atoms with E-state index in [2.05, 4.69) is 4.98 Å². The van der Waals surface area contributed by atoms with Crippen LogP contribution in [0.15, 0.2) is 63.7 Å². The van der Waals surface area contributed by atoms with E-state index in [-0.39, 0.29) is 34.8 Å². The van der Waals surface area contributed by atoms with Crippen LogP contribution >= 0.6 is 11.8 Å². The number of nitriles is 1. The Hall–Kier alpha value is -3.79. The molecule has 0 bridgehead atoms. The van der Waals surface area contributed by atoms with Gasteiger partial charge in [-0.3, -0.25) is 14.2 Å². The Kier molecular flexibility index (Phi) is 6.98. The van der Waals surface area contributed by atoms with Gasteiger partial charge in [0.15, 0.2) is 10.9 Å². The standard InChI is InChI=1S/C22H14F6N4O2S/c1-11(30)14(9-29)18(33)10-35-20-31-16-5-3-2-4-13(16)19(34)32(20)17-8-12(21(23,24)25)6-7-15(17)22(26,27)28/h2-8H,10,30H2,1H3/b14-11-. The average Bonchev–Trinajstić information content (AvgIpc) is 2.76. The molecule has 35 heavy (non-hydrogen) atoms. The molecule has 0 aliphatic carbocycles. The zero-order valence-electron chi connectivity index (χ0n) is 17.7. The lowest BCUT2D eigenvalue weighted by Gasteiger charge is -2.19. The number of benzene rings is 2. The Morgan fingerprint density at radius 1 is 1.11 bits per heavy atom. The third kappa shape index (κ3) is 5.32. The van der Waals surface area contributed by atoms with Crippen LogP contribution in [0, 0.1) is 11.3 Å². The van der Waals surface area contributed by atoms with Crippen LogP contribution in [-0.4, -0.2) is 21.1 Å². The number of hydrogen-bond acceptors (Lipinski definition) is 6. The van der Waals surface area contributed by atoms with Crippen molar-refractivity contribution in [1.29, 1.82) is 5.26 Å². The number of para-hydroxylation sites is 1. The third-order valence-electron chi connectivity index (χ3n) is 4.73. The van der Waals surface area contributed by atoms with Gasteiger partial charge in [-0.25, -0.2) is 4.98 Å². The second-order valence-corrected chi connectivity index (χ2v) is 8.10. The van der Waals surface area contributed by atoms with Gasteiger partial charge in [-0.05, 0) is 37.3 Å². The zero-order valence-corrected chi connectivity index (χ0v) is 18.5. The normalized spacial score (nSPS) is 12.9. The van der Waals surface area contributed by atoms with Crippen molar-refractivity contribution < 1.29 is 31.1 Å². The second-order valence-electron chi connectivity index (χ2n) is 7.16. The van der Waals surface area contributed by atoms with Gasteiger partial charge in [0.05, 0.1) is 33.5 Å². The van der Waals surface area contributed by atoms with E-state index < -0.39 is 57.0 Å². The maximum absolute atomic E-state index is 13.8. The fourth-order valence-corrected chi connectivity index (χ4v) is 4.00. The average molecular weight is 512 g/mol. The Balaban J connectivity index is 2.32. The van der Waals surface area contributed by atoms with Gasteiger partial charge in [-0.15, -0.1) is 0 Å². The van der Waals surface area contributed by atoms with Crippen molar-refractivity contribution in [1.82, 2.24) is 9.55 Å². The maximum atomic E-state index is 13.8. The van der Waals surface area contributed by atoms with Crippen molar-refractivity contribution in [2.75, 3.05) is 5.75 Å². The number of rotatable bonds is 5. The molecule has 0 radical (unpaired) electrons. The summed E-state index contributed by atoms with van der Waals surface area (Å²) in [4.78, 5) is 29.7. The molecule has 2 N–H and O–H groups in total. The van der Waals surface area contributed by atoms with Gasteiger partial charge in [0, 0.05) is 5.70 Å². The molecule has 0 fully saturated rings. The summed E-state index contributed by atoms with van der Waals surface area (Å²) in [7, 11) is 0. The first kappa shape index (κ1) is 25.8. The van der Waals surface area contributed by atoms with Crippen molar-refractivity contribution in [3.63, 3.8) is 0 Å². The van der Waals surface area contributed by atoms with Crippen molar-refractivity contribution in [2.45, 2.75) is 24.4 Å². The summed E-state index contributed by atoms with van der Waals surface area (Å²) in [5.74, 6) is -1.37. The van der Waals surface area contributed by atoms with Gasteiger partial charge in [0.25, 0.3) is 5.56 Å². The fraction of sp³-hybridized carbons (Fsp3) is 0.182. The smallest absolute Gasteiger partial charge is 0.401 e. The van der Waals surface area contributed by atoms with Crippen LogP contribution in [0.1, 0.15) is 18.1 Å². The van der Waals surface area contributed by atoms with Crippen LogP contribution in [0.25, 0.3) is 16.6 Å². The molecule has 6 nitrogen and oxygen atoms in total. The molecule has 3 rings (SSSR count). The minimum absolute atomic E-state index is 0.0512. The van der Waals surface area contributed by atoms with Gasteiger partial charge in [0.1, 0.15) is 11.6 Å². The number of ketones is 1. The monoisotopic (exact) mass is 512 g/mol. The SMILES string of the molecule is C/C(N)=C(\C#N)C(=O)CSc1nc2ccccc2c(=O)n1-c1cc(C(F)(F)F)ccc1C(F)(F)F. The van der Waals surface area contributed by atoms with E-state index in [0.29, 0.717) is 16.3 Å². The zero-order chi connectivity index (χ0) is 26.1. The van der Waals surface area contributed by atoms with Crippen LogP contribution in [-0.2, 0) is 17.1 Å². The first-order valence-corrected chi connectivity index (χ1v) is 10.6. The molecular formula is C22H14F6N4O2S. The Morgan fingerprint density at radius 3 is 2.34 bits per heavy atom. The highest BCUT2D eigenvalue weighted by atomic mass is 32.2. The summed E-state index contributed by atoms with van der Waals surface area (Å²) in [6.07, 6.45) is -10.1.